The SMILES string of the molecule is N#Cc1c2c3c(oc(=O)c2c(N)n2c1nc1ccccc12)-c1ccccc1SC3. The lowest BCUT2D eigenvalue weighted by molar-refractivity contribution is 0.529. The van der Waals surface area contributed by atoms with Crippen LogP contribution in [0.15, 0.2) is 62.6 Å². The topological polar surface area (TPSA) is 97.3 Å². The first kappa shape index (κ1) is 16.2. The number of pyridine rings is 1. The van der Waals surface area contributed by atoms with Gasteiger partial charge in [-0.05, 0) is 18.2 Å². The van der Waals surface area contributed by atoms with Gasteiger partial charge in [0.2, 0.25) is 0 Å². The van der Waals surface area contributed by atoms with Gasteiger partial charge >= 0.3 is 5.63 Å². The number of hydrogen-bond donors (Lipinski definition) is 1. The maximum Gasteiger partial charge on any atom is 0.347 e. The van der Waals surface area contributed by atoms with Crippen LogP contribution in [0.25, 0.3) is 38.8 Å². The number of fused-ring (bicyclic) bond motifs is 8. The van der Waals surface area contributed by atoms with Gasteiger partial charge in [0.15, 0.2) is 5.65 Å². The monoisotopic (exact) mass is 396 g/mol. The first-order chi connectivity index (χ1) is 14.2. The standard InChI is InChI=1S/C22H12N4O2S/c23-9-12-17-13-10-29-16-8-4-1-5-11(16)19(13)28-22(27)18(17)20(24)26-15-7-3-2-6-14(15)25-21(12)26/h1-8H,10,24H2. The third-order valence-electron chi connectivity index (χ3n) is 5.37. The van der Waals surface area contributed by atoms with E-state index in [-0.39, 0.29) is 11.2 Å². The van der Waals surface area contributed by atoms with Crippen LogP contribution in [-0.4, -0.2) is 9.38 Å². The van der Waals surface area contributed by atoms with E-state index in [1.165, 1.54) is 0 Å². The van der Waals surface area contributed by atoms with Gasteiger partial charge in [0.25, 0.3) is 0 Å². The number of nitrogen functional groups attached to an aromatic ring is 1. The number of aromatic nitrogens is 2. The van der Waals surface area contributed by atoms with Crippen LogP contribution in [0.4, 0.5) is 5.82 Å². The van der Waals surface area contributed by atoms with Gasteiger partial charge < -0.3 is 10.2 Å². The Kier molecular flexibility index (Phi) is 3.15. The Hall–Kier alpha value is -3.76. The van der Waals surface area contributed by atoms with Crippen LogP contribution in [-0.2, 0) is 5.75 Å². The molecule has 0 bridgehead atoms. The second-order valence-electron chi connectivity index (χ2n) is 6.86. The van der Waals surface area contributed by atoms with Crippen molar-refractivity contribution < 1.29 is 4.42 Å². The van der Waals surface area contributed by atoms with Gasteiger partial charge in [-0.15, -0.1) is 11.8 Å². The third kappa shape index (κ3) is 2.01. The van der Waals surface area contributed by atoms with Crippen molar-refractivity contribution in [3.05, 3.63) is 70.1 Å². The van der Waals surface area contributed by atoms with E-state index in [4.69, 9.17) is 10.2 Å². The van der Waals surface area contributed by atoms with E-state index >= 15 is 0 Å². The Balaban J connectivity index is 1.89. The Morgan fingerprint density at radius 3 is 2.79 bits per heavy atom. The minimum Gasteiger partial charge on any atom is -0.422 e. The molecule has 0 aliphatic carbocycles. The molecule has 6 nitrogen and oxygen atoms in total. The van der Waals surface area contributed by atoms with Crippen LogP contribution in [0.5, 0.6) is 0 Å². The van der Waals surface area contributed by atoms with Gasteiger partial charge in [-0.1, -0.05) is 30.3 Å². The zero-order valence-electron chi connectivity index (χ0n) is 15.0. The summed E-state index contributed by atoms with van der Waals surface area (Å²) in [6.45, 7) is 0. The van der Waals surface area contributed by atoms with Crippen LogP contribution in [0.2, 0.25) is 0 Å². The van der Waals surface area contributed by atoms with E-state index in [0.29, 0.717) is 33.6 Å². The van der Waals surface area contributed by atoms with Crippen molar-refractivity contribution in [1.29, 1.82) is 5.26 Å². The number of thioether (sulfide) groups is 1. The second kappa shape index (κ2) is 5.63. The molecule has 0 fully saturated rings. The molecule has 2 aromatic carbocycles. The molecule has 29 heavy (non-hydrogen) atoms. The average Bonchev–Trinajstić information content (AvgIpc) is 3.13. The summed E-state index contributed by atoms with van der Waals surface area (Å²) in [6, 6.07) is 17.5. The minimum absolute atomic E-state index is 0.232. The van der Waals surface area contributed by atoms with Gasteiger partial charge in [0.05, 0.1) is 11.0 Å². The Morgan fingerprint density at radius 2 is 1.93 bits per heavy atom. The zero-order valence-corrected chi connectivity index (χ0v) is 15.8. The summed E-state index contributed by atoms with van der Waals surface area (Å²) >= 11 is 1.65. The predicted octanol–water partition coefficient (Wildman–Crippen LogP) is 4.32. The maximum absolute atomic E-state index is 13.1. The molecule has 0 unspecified atom stereocenters. The summed E-state index contributed by atoms with van der Waals surface area (Å²) in [5.74, 6) is 1.33. The van der Waals surface area contributed by atoms with Crippen LogP contribution in [0.3, 0.4) is 0 Å². The van der Waals surface area contributed by atoms with Gasteiger partial charge in [0.1, 0.15) is 28.6 Å². The molecular weight excluding hydrogens is 384 g/mol. The summed E-state index contributed by atoms with van der Waals surface area (Å²) in [7, 11) is 0. The van der Waals surface area contributed by atoms with Gasteiger partial charge in [0, 0.05) is 27.2 Å². The van der Waals surface area contributed by atoms with Crippen molar-refractivity contribution in [2.75, 3.05) is 5.73 Å². The molecule has 1 aliphatic rings. The number of rotatable bonds is 0. The minimum atomic E-state index is -0.547. The van der Waals surface area contributed by atoms with Crippen molar-refractivity contribution in [3.8, 4) is 17.4 Å². The van der Waals surface area contributed by atoms with E-state index in [1.807, 2.05) is 48.5 Å². The highest BCUT2D eigenvalue weighted by Crippen LogP contribution is 2.45. The molecule has 0 saturated carbocycles. The molecule has 0 amide bonds. The smallest absolute Gasteiger partial charge is 0.347 e. The zero-order chi connectivity index (χ0) is 19.7. The van der Waals surface area contributed by atoms with Crippen LogP contribution in [0.1, 0.15) is 11.1 Å². The number of nitriles is 1. The maximum atomic E-state index is 13.1. The van der Waals surface area contributed by atoms with Crippen molar-refractivity contribution in [2.24, 2.45) is 0 Å². The molecule has 6 rings (SSSR count). The van der Waals surface area contributed by atoms with E-state index in [2.05, 4.69) is 11.1 Å². The molecule has 0 radical (unpaired) electrons. The van der Waals surface area contributed by atoms with Crippen molar-refractivity contribution >= 4 is 45.0 Å². The number of benzene rings is 2. The largest absolute Gasteiger partial charge is 0.422 e. The molecule has 4 heterocycles. The highest BCUT2D eigenvalue weighted by Gasteiger charge is 2.28. The van der Waals surface area contributed by atoms with Crippen molar-refractivity contribution in [3.63, 3.8) is 0 Å². The van der Waals surface area contributed by atoms with Crippen molar-refractivity contribution in [1.82, 2.24) is 9.38 Å². The highest BCUT2D eigenvalue weighted by atomic mass is 32.2. The number of nitrogens with zero attached hydrogens (tertiary/aromatic N) is 3. The Bertz CT molecular complexity index is 1610. The normalized spacial score (nSPS) is 12.8. The molecule has 5 aromatic rings. The number of hydrogen-bond acceptors (Lipinski definition) is 6. The number of anilines is 1. The molecule has 2 N–H and O–H groups in total. The second-order valence-corrected chi connectivity index (χ2v) is 7.88. The van der Waals surface area contributed by atoms with E-state index in [1.54, 1.807) is 16.2 Å². The highest BCUT2D eigenvalue weighted by molar-refractivity contribution is 7.98. The molecule has 0 spiro atoms. The van der Waals surface area contributed by atoms with Crippen LogP contribution in [0, 0.1) is 11.3 Å². The molecular formula is C22H12N4O2S. The first-order valence-electron chi connectivity index (χ1n) is 8.99. The van der Waals surface area contributed by atoms with Gasteiger partial charge in [-0.2, -0.15) is 5.26 Å². The number of para-hydroxylation sites is 2. The van der Waals surface area contributed by atoms with Crippen LogP contribution < -0.4 is 11.4 Å². The van der Waals surface area contributed by atoms with Crippen molar-refractivity contribution in [2.45, 2.75) is 10.6 Å². The fraction of sp³-hybridized carbons (Fsp3) is 0.0455. The molecule has 138 valence electrons. The predicted molar refractivity (Wildman–Crippen MR) is 113 cm³/mol. The average molecular weight is 396 g/mol. The van der Waals surface area contributed by atoms with E-state index in [9.17, 15) is 10.1 Å². The lowest BCUT2D eigenvalue weighted by Crippen LogP contribution is -2.13. The van der Waals surface area contributed by atoms with Crippen LogP contribution >= 0.6 is 11.8 Å². The lowest BCUT2D eigenvalue weighted by atomic mass is 9.99. The third-order valence-corrected chi connectivity index (χ3v) is 6.47. The van der Waals surface area contributed by atoms with E-state index < -0.39 is 5.63 Å². The first-order valence-corrected chi connectivity index (χ1v) is 9.98. The molecule has 1 aliphatic heterocycles. The van der Waals surface area contributed by atoms with Gasteiger partial charge in [-0.3, -0.25) is 4.40 Å². The Labute approximate surface area is 168 Å². The number of nitrogens with two attached hydrogens (primary N) is 1. The fourth-order valence-electron chi connectivity index (χ4n) is 4.13. The number of imidazole rings is 1. The summed E-state index contributed by atoms with van der Waals surface area (Å²) in [5.41, 5.74) is 9.83. The molecule has 3 aromatic heterocycles. The Morgan fingerprint density at radius 1 is 1.14 bits per heavy atom. The summed E-state index contributed by atoms with van der Waals surface area (Å²) in [6.07, 6.45) is 0. The molecule has 0 atom stereocenters. The van der Waals surface area contributed by atoms with E-state index in [0.717, 1.165) is 21.5 Å². The molecule has 7 heteroatoms. The fourth-order valence-corrected chi connectivity index (χ4v) is 5.20. The lowest BCUT2D eigenvalue weighted by Gasteiger charge is -2.20. The summed E-state index contributed by atoms with van der Waals surface area (Å²) in [4.78, 5) is 18.7. The molecule has 0 saturated heterocycles. The van der Waals surface area contributed by atoms with Gasteiger partial charge in [-0.25, -0.2) is 9.78 Å². The summed E-state index contributed by atoms with van der Waals surface area (Å²) < 4.78 is 7.44. The summed E-state index contributed by atoms with van der Waals surface area (Å²) in [5, 5.41) is 10.8. The quantitative estimate of drug-likeness (QED) is 0.419.